The molecule has 3 aliphatic rings. The summed E-state index contributed by atoms with van der Waals surface area (Å²) in [5.74, 6) is -1.13. The van der Waals surface area contributed by atoms with E-state index in [1.807, 2.05) is 51.1 Å². The monoisotopic (exact) mass is 1050 g/mol. The quantitative estimate of drug-likeness (QED) is 0.0574. The van der Waals surface area contributed by atoms with Crippen LogP contribution in [0.1, 0.15) is 72.4 Å². The van der Waals surface area contributed by atoms with Gasteiger partial charge in [-0.2, -0.15) is 18.4 Å². The summed E-state index contributed by atoms with van der Waals surface area (Å²) in [6.07, 6.45) is -5.75. The molecule has 2 saturated heterocycles. The molecular formula is C54H56F3N7O10S. The Kier molecular flexibility index (Phi) is 16.3. The average Bonchev–Trinajstić information content (AvgIpc) is 4.14. The van der Waals surface area contributed by atoms with Crippen molar-refractivity contribution in [3.05, 3.63) is 124 Å². The number of nitrogens with one attached hydrogen (secondary N) is 1. The topological polar surface area (TPSA) is 204 Å². The highest BCUT2D eigenvalue weighted by molar-refractivity contribution is 7.13. The second-order valence-electron chi connectivity index (χ2n) is 19.1. The van der Waals surface area contributed by atoms with Crippen molar-refractivity contribution >= 4 is 52.4 Å². The molecule has 17 nitrogen and oxygen atoms in total. The summed E-state index contributed by atoms with van der Waals surface area (Å²) in [5.41, 5.74) is 2.21. The van der Waals surface area contributed by atoms with Crippen LogP contribution >= 0.6 is 11.3 Å². The van der Waals surface area contributed by atoms with E-state index in [1.165, 1.54) is 41.1 Å². The first-order chi connectivity index (χ1) is 35.8. The van der Waals surface area contributed by atoms with Gasteiger partial charge < -0.3 is 39.2 Å². The number of hydrogen-bond donors (Lipinski definition) is 2. The standard InChI is InChI=1S/C54H56F3N7O10S/c1-32(2)46(62-29-37-8-6-7-9-42(37)49(62)67)50(68)61-30-40(65)26-44(61)48(66)59-28-36-11-10-34(47-33(3)60-31-75-47)24-45(36)74-23-21-72-19-18-71-20-22-73-41-16-14-38(15-17-41)64-52(70)63(51(69)53(64,4)5)39-13-12-35(27-58)43(25-39)54(55,56)57/h6-17,24-25,31-32,40,44,46,65H,18-23,26,28-30H2,1-5H3,(H,59,66)/t40-,44-,46?/m0/s1. The number of aliphatic hydroxyl groups excluding tert-OH is 1. The molecule has 2 fully saturated rings. The van der Waals surface area contributed by atoms with Crippen molar-refractivity contribution in [2.45, 2.75) is 84.0 Å². The molecule has 75 heavy (non-hydrogen) atoms. The molecule has 0 spiro atoms. The number of nitriles is 1. The van der Waals surface area contributed by atoms with Gasteiger partial charge in [-0.1, -0.05) is 44.2 Å². The Balaban J connectivity index is 0.797. The second-order valence-corrected chi connectivity index (χ2v) is 19.9. The molecule has 0 saturated carbocycles. The van der Waals surface area contributed by atoms with Gasteiger partial charge in [0.1, 0.15) is 42.3 Å². The molecule has 0 bridgehead atoms. The van der Waals surface area contributed by atoms with Crippen LogP contribution < -0.4 is 24.6 Å². The number of halogens is 3. The van der Waals surface area contributed by atoms with Crippen molar-refractivity contribution < 1.29 is 61.2 Å². The van der Waals surface area contributed by atoms with E-state index < -0.39 is 58.9 Å². The van der Waals surface area contributed by atoms with E-state index in [2.05, 4.69) is 10.3 Å². The zero-order valence-corrected chi connectivity index (χ0v) is 42.7. The number of carbonyl (C=O) groups is 5. The molecule has 2 N–H and O–H groups in total. The molecule has 1 aromatic heterocycles. The number of hydrogen-bond acceptors (Lipinski definition) is 13. The van der Waals surface area contributed by atoms with Crippen LogP contribution in [0.25, 0.3) is 10.4 Å². The summed E-state index contributed by atoms with van der Waals surface area (Å²) in [6.45, 7) is 10.2. The van der Waals surface area contributed by atoms with Crippen molar-refractivity contribution in [1.29, 1.82) is 5.26 Å². The van der Waals surface area contributed by atoms with Gasteiger partial charge in [-0.05, 0) is 92.4 Å². The molecule has 4 aromatic carbocycles. The van der Waals surface area contributed by atoms with Crippen molar-refractivity contribution in [1.82, 2.24) is 20.1 Å². The highest BCUT2D eigenvalue weighted by atomic mass is 32.1. The predicted molar refractivity (Wildman–Crippen MR) is 270 cm³/mol. The van der Waals surface area contributed by atoms with Crippen LogP contribution in [0, 0.1) is 24.2 Å². The number of ether oxygens (including phenoxy) is 4. The number of aliphatic hydroxyl groups is 1. The van der Waals surface area contributed by atoms with Crippen LogP contribution in [-0.4, -0.2) is 119 Å². The van der Waals surface area contributed by atoms with Crippen molar-refractivity contribution in [2.24, 2.45) is 5.92 Å². The number of nitrogens with zero attached hydrogens (tertiary/aromatic N) is 6. The molecule has 0 radical (unpaired) electrons. The summed E-state index contributed by atoms with van der Waals surface area (Å²) < 4.78 is 64.6. The Morgan fingerprint density at radius 1 is 0.920 bits per heavy atom. The average molecular weight is 1050 g/mol. The van der Waals surface area contributed by atoms with Gasteiger partial charge >= 0.3 is 12.2 Å². The lowest BCUT2D eigenvalue weighted by atomic mass is 10.0. The van der Waals surface area contributed by atoms with Gasteiger partial charge in [0, 0.05) is 42.9 Å². The number of β-amino-alcohol motifs (C(OH)–C–C–N with tert-alkyl or cyclic N) is 1. The fourth-order valence-electron chi connectivity index (χ4n) is 9.51. The molecule has 21 heteroatoms. The Morgan fingerprint density at radius 3 is 2.25 bits per heavy atom. The van der Waals surface area contributed by atoms with E-state index >= 15 is 0 Å². The summed E-state index contributed by atoms with van der Waals surface area (Å²) in [4.78, 5) is 78.8. The lowest BCUT2D eigenvalue weighted by Crippen LogP contribution is -2.55. The molecule has 1 unspecified atom stereocenters. The van der Waals surface area contributed by atoms with E-state index in [4.69, 9.17) is 18.9 Å². The van der Waals surface area contributed by atoms with Gasteiger partial charge in [-0.3, -0.25) is 24.1 Å². The number of amides is 6. The maximum atomic E-state index is 14.2. The SMILES string of the molecule is Cc1ncsc1-c1ccc(CNC(=O)[C@@H]2C[C@H](O)CN2C(=O)C(C(C)C)N2Cc3ccccc3C2=O)c(OCCOCCOCCOc2ccc(N3C(=O)N(c4ccc(C#N)c(C(F)(F)F)c4)C(=O)C3(C)C)cc2)c1. The minimum absolute atomic E-state index is 0.0368. The summed E-state index contributed by atoms with van der Waals surface area (Å²) in [5, 5.41) is 22.9. The fourth-order valence-corrected chi connectivity index (χ4v) is 10.3. The van der Waals surface area contributed by atoms with Crippen LogP contribution in [0.3, 0.4) is 0 Å². The fraction of sp³-hybridized carbons (Fsp3) is 0.389. The number of aromatic nitrogens is 1. The van der Waals surface area contributed by atoms with Crippen LogP contribution in [0.15, 0.2) is 90.4 Å². The number of carbonyl (C=O) groups excluding carboxylic acids is 5. The number of benzene rings is 4. The van der Waals surface area contributed by atoms with Crippen LogP contribution in [0.4, 0.5) is 29.3 Å². The maximum absolute atomic E-state index is 14.2. The molecule has 5 aromatic rings. The van der Waals surface area contributed by atoms with Crippen molar-refractivity contribution in [2.75, 3.05) is 56.0 Å². The van der Waals surface area contributed by atoms with Crippen LogP contribution in [0.2, 0.25) is 0 Å². The van der Waals surface area contributed by atoms with Gasteiger partial charge in [0.25, 0.3) is 11.8 Å². The second kappa shape index (κ2) is 22.6. The number of fused-ring (bicyclic) bond motifs is 1. The Morgan fingerprint density at radius 2 is 1.60 bits per heavy atom. The van der Waals surface area contributed by atoms with E-state index in [-0.39, 0.29) is 89.1 Å². The lowest BCUT2D eigenvalue weighted by Gasteiger charge is -2.35. The number of likely N-dealkylation sites (tertiary alicyclic amines) is 1. The molecule has 8 rings (SSSR count). The molecule has 3 aliphatic heterocycles. The number of imide groups is 1. The minimum Gasteiger partial charge on any atom is -0.491 e. The lowest BCUT2D eigenvalue weighted by molar-refractivity contribution is -0.143. The van der Waals surface area contributed by atoms with Gasteiger partial charge in [0.05, 0.1) is 71.5 Å². The molecule has 3 atom stereocenters. The molecule has 4 heterocycles. The highest BCUT2D eigenvalue weighted by Crippen LogP contribution is 2.40. The summed E-state index contributed by atoms with van der Waals surface area (Å²) in [7, 11) is 0. The summed E-state index contributed by atoms with van der Waals surface area (Å²) >= 11 is 1.49. The highest BCUT2D eigenvalue weighted by Gasteiger charge is 2.53. The number of urea groups is 1. The van der Waals surface area contributed by atoms with Gasteiger partial charge in [0.15, 0.2) is 0 Å². The largest absolute Gasteiger partial charge is 0.491 e. The first-order valence-corrected chi connectivity index (χ1v) is 25.2. The third-order valence-electron chi connectivity index (χ3n) is 13.3. The third-order valence-corrected chi connectivity index (χ3v) is 14.2. The minimum atomic E-state index is -4.88. The molecule has 6 amide bonds. The zero-order valence-electron chi connectivity index (χ0n) is 41.9. The first kappa shape index (κ1) is 53.9. The zero-order chi connectivity index (χ0) is 53.8. The van der Waals surface area contributed by atoms with Gasteiger partial charge in [-0.15, -0.1) is 11.3 Å². The maximum Gasteiger partial charge on any atom is 0.417 e. The first-order valence-electron chi connectivity index (χ1n) is 24.3. The van der Waals surface area contributed by atoms with Gasteiger partial charge in [-0.25, -0.2) is 14.7 Å². The molecular weight excluding hydrogens is 996 g/mol. The van der Waals surface area contributed by atoms with Crippen molar-refractivity contribution in [3.63, 3.8) is 0 Å². The normalized spacial score (nSPS) is 17.7. The predicted octanol–water partition coefficient (Wildman–Crippen LogP) is 7.51. The van der Waals surface area contributed by atoms with Crippen molar-refractivity contribution in [3.8, 4) is 28.0 Å². The molecule has 0 aliphatic carbocycles. The van der Waals surface area contributed by atoms with E-state index in [9.17, 15) is 47.5 Å². The number of rotatable bonds is 20. The Bertz CT molecular complexity index is 3000. The Labute approximate surface area is 435 Å². The third kappa shape index (κ3) is 11.5. The summed E-state index contributed by atoms with van der Waals surface area (Å²) in [6, 6.07) is 20.7. The molecule has 394 valence electrons. The smallest absolute Gasteiger partial charge is 0.417 e. The van der Waals surface area contributed by atoms with Crippen LogP contribution in [-0.2, 0) is 43.1 Å². The van der Waals surface area contributed by atoms with E-state index in [1.54, 1.807) is 46.8 Å². The number of aryl methyl sites for hydroxylation is 1. The number of thiazole rings is 1. The van der Waals surface area contributed by atoms with Gasteiger partial charge in [0.2, 0.25) is 11.8 Å². The van der Waals surface area contributed by atoms with E-state index in [0.717, 1.165) is 33.8 Å². The number of anilines is 2. The Hall–Kier alpha value is -7.38. The number of alkyl halides is 3. The van der Waals surface area contributed by atoms with Crippen LogP contribution in [0.5, 0.6) is 11.5 Å². The van der Waals surface area contributed by atoms with E-state index in [0.29, 0.717) is 39.3 Å².